The molecule has 1 aromatic carbocycles. The van der Waals surface area contributed by atoms with Crippen LogP contribution in [0.1, 0.15) is 43.9 Å². The predicted octanol–water partition coefficient (Wildman–Crippen LogP) is 1.33. The maximum atomic E-state index is 14.6. The number of hydrogen-bond acceptors (Lipinski definition) is 10. The molecule has 5 rings (SSSR count). The van der Waals surface area contributed by atoms with Gasteiger partial charge in [0.05, 0.1) is 31.1 Å². The van der Waals surface area contributed by atoms with Crippen molar-refractivity contribution in [3.8, 4) is 0 Å². The number of aryl methyl sites for hydroxylation is 1. The number of fused-ring (bicyclic) bond motifs is 2. The third kappa shape index (κ3) is 6.05. The molecule has 0 bridgehead atoms. The first-order valence-corrected chi connectivity index (χ1v) is 18.5. The van der Waals surface area contributed by atoms with E-state index in [-0.39, 0.29) is 48.8 Å². The summed E-state index contributed by atoms with van der Waals surface area (Å²) in [6, 6.07) is 5.69. The van der Waals surface area contributed by atoms with E-state index in [9.17, 15) is 24.3 Å². The van der Waals surface area contributed by atoms with Crippen LogP contribution in [0.5, 0.6) is 0 Å². The van der Waals surface area contributed by atoms with Gasteiger partial charge in [-0.15, -0.1) is 5.10 Å². The molecule has 2 fully saturated rings. The van der Waals surface area contributed by atoms with Crippen molar-refractivity contribution in [3.05, 3.63) is 35.7 Å². The maximum Gasteiger partial charge on any atom is 0.305 e. The smallest absolute Gasteiger partial charge is 0.305 e. The molecule has 2 aromatic rings. The van der Waals surface area contributed by atoms with Crippen molar-refractivity contribution in [1.29, 1.82) is 0 Å². The van der Waals surface area contributed by atoms with Crippen molar-refractivity contribution < 1.29 is 33.8 Å². The fourth-order valence-electron chi connectivity index (χ4n) is 7.18. The average Bonchev–Trinajstić information content (AvgIpc) is 3.63. The first kappa shape index (κ1) is 32.2. The molecule has 14 heteroatoms. The summed E-state index contributed by atoms with van der Waals surface area (Å²) in [5, 5.41) is 20.6. The van der Waals surface area contributed by atoms with Crippen LogP contribution in [0.2, 0.25) is 18.6 Å². The van der Waals surface area contributed by atoms with Gasteiger partial charge in [0, 0.05) is 74.5 Å². The molecule has 0 unspecified atom stereocenters. The summed E-state index contributed by atoms with van der Waals surface area (Å²) in [6.45, 7) is 8.06. The Balaban J connectivity index is 1.49. The molecule has 4 atom stereocenters. The largest absolute Gasteiger partial charge is 0.469 e. The Labute approximate surface area is 258 Å². The monoisotopic (exact) mass is 628 g/mol. The van der Waals surface area contributed by atoms with Gasteiger partial charge < -0.3 is 34.5 Å². The van der Waals surface area contributed by atoms with Gasteiger partial charge in [0.15, 0.2) is 13.9 Å². The summed E-state index contributed by atoms with van der Waals surface area (Å²) in [6.07, 6.45) is 3.72. The number of aliphatic hydroxyl groups is 1. The summed E-state index contributed by atoms with van der Waals surface area (Å²) in [5.74, 6) is -0.856. The number of amides is 2. The van der Waals surface area contributed by atoms with Crippen LogP contribution in [-0.4, -0.2) is 97.0 Å². The van der Waals surface area contributed by atoms with E-state index < -0.39 is 20.0 Å². The Hall–Kier alpha value is -3.17. The molecule has 240 valence electrons. The van der Waals surface area contributed by atoms with Crippen molar-refractivity contribution in [1.82, 2.24) is 20.3 Å². The Bertz CT molecular complexity index is 1380. The number of ether oxygens (including phenoxy) is 2. The zero-order chi connectivity index (χ0) is 31.6. The minimum absolute atomic E-state index is 0.0148. The molecule has 13 nitrogen and oxygen atoms in total. The third-order valence-electron chi connectivity index (χ3n) is 9.21. The number of aromatic nitrogens is 3. The lowest BCUT2D eigenvalue weighted by Gasteiger charge is -2.33. The van der Waals surface area contributed by atoms with E-state index >= 15 is 0 Å². The van der Waals surface area contributed by atoms with E-state index in [1.54, 1.807) is 20.7 Å². The third-order valence-corrected chi connectivity index (χ3v) is 11.7. The quantitative estimate of drug-likeness (QED) is 0.178. The number of carbonyl (C=O) groups is 3. The SMILES string of the molecule is COC(=O)CCCCN1C(=O)[C@@]2(O[C@@H](CCn3cc(CCO)nn3)[C@H]([Si](C)(C)O)[C@H]2C)c2cc(N3CCNCC3=O)ccc21. The minimum atomic E-state index is -2.87. The number of hydrogen-bond donors (Lipinski definition) is 3. The average molecular weight is 629 g/mol. The Morgan fingerprint density at radius 3 is 2.75 bits per heavy atom. The van der Waals surface area contributed by atoms with Crippen LogP contribution in [0.25, 0.3) is 0 Å². The number of methoxy groups -OCH3 is 1. The highest BCUT2D eigenvalue weighted by Crippen LogP contribution is 2.60. The van der Waals surface area contributed by atoms with E-state index in [4.69, 9.17) is 9.47 Å². The van der Waals surface area contributed by atoms with Gasteiger partial charge in [-0.3, -0.25) is 19.1 Å². The highest BCUT2D eigenvalue weighted by atomic mass is 28.4. The number of anilines is 2. The van der Waals surface area contributed by atoms with Crippen molar-refractivity contribution in [3.63, 3.8) is 0 Å². The van der Waals surface area contributed by atoms with Crippen LogP contribution >= 0.6 is 0 Å². The molecule has 0 aliphatic carbocycles. The van der Waals surface area contributed by atoms with Gasteiger partial charge >= 0.3 is 5.97 Å². The number of esters is 1. The molecule has 3 N–H and O–H groups in total. The van der Waals surface area contributed by atoms with Crippen LogP contribution in [0, 0.1) is 5.92 Å². The second kappa shape index (κ2) is 13.1. The molecule has 3 aliphatic rings. The summed E-state index contributed by atoms with van der Waals surface area (Å²) in [5.41, 5.74) is 1.25. The van der Waals surface area contributed by atoms with Crippen LogP contribution in [0.15, 0.2) is 24.4 Å². The van der Waals surface area contributed by atoms with Crippen molar-refractivity contribution >= 4 is 37.5 Å². The first-order chi connectivity index (χ1) is 21.0. The van der Waals surface area contributed by atoms with Crippen LogP contribution < -0.4 is 15.1 Å². The summed E-state index contributed by atoms with van der Waals surface area (Å²) in [4.78, 5) is 54.2. The lowest BCUT2D eigenvalue weighted by molar-refractivity contribution is -0.146. The summed E-state index contributed by atoms with van der Waals surface area (Å²) >= 11 is 0. The molecular weight excluding hydrogens is 584 g/mol. The number of nitrogens with one attached hydrogen (secondary N) is 1. The number of piperazine rings is 1. The van der Waals surface area contributed by atoms with Gasteiger partial charge in [0.2, 0.25) is 5.91 Å². The highest BCUT2D eigenvalue weighted by molar-refractivity contribution is 6.71. The van der Waals surface area contributed by atoms with Crippen molar-refractivity contribution in [2.75, 3.05) is 49.7 Å². The van der Waals surface area contributed by atoms with Gasteiger partial charge in [-0.2, -0.15) is 0 Å². The first-order valence-electron chi connectivity index (χ1n) is 15.5. The molecule has 44 heavy (non-hydrogen) atoms. The van der Waals surface area contributed by atoms with Crippen molar-refractivity contribution in [2.24, 2.45) is 5.92 Å². The maximum absolute atomic E-state index is 14.6. The van der Waals surface area contributed by atoms with Gasteiger partial charge in [0.25, 0.3) is 5.91 Å². The van der Waals surface area contributed by atoms with Gasteiger partial charge in [-0.05, 0) is 50.6 Å². The molecular formula is C30H44N6O7Si. The fraction of sp³-hybridized carbons (Fsp3) is 0.633. The second-order valence-electron chi connectivity index (χ2n) is 12.5. The summed E-state index contributed by atoms with van der Waals surface area (Å²) in [7, 11) is -1.50. The number of carbonyl (C=O) groups excluding carboxylic acids is 3. The molecule has 4 heterocycles. The molecule has 0 saturated carbocycles. The van der Waals surface area contributed by atoms with Gasteiger partial charge in [-0.1, -0.05) is 12.1 Å². The Kier molecular flexibility index (Phi) is 9.56. The fourth-order valence-corrected chi connectivity index (χ4v) is 9.79. The second-order valence-corrected chi connectivity index (χ2v) is 16.5. The molecule has 1 aromatic heterocycles. The summed E-state index contributed by atoms with van der Waals surface area (Å²) < 4.78 is 13.4. The number of aliphatic hydroxyl groups excluding tert-OH is 1. The van der Waals surface area contributed by atoms with Crippen molar-refractivity contribution in [2.45, 2.75) is 75.9 Å². The lowest BCUT2D eigenvalue weighted by atomic mass is 9.82. The minimum Gasteiger partial charge on any atom is -0.469 e. The van der Waals surface area contributed by atoms with Crippen LogP contribution in [0.4, 0.5) is 11.4 Å². The zero-order valence-corrected chi connectivity index (χ0v) is 27.0. The van der Waals surface area contributed by atoms with Gasteiger partial charge in [-0.25, -0.2) is 0 Å². The van der Waals surface area contributed by atoms with E-state index in [0.717, 1.165) is 5.69 Å². The Morgan fingerprint density at radius 1 is 1.25 bits per heavy atom. The van der Waals surface area contributed by atoms with Gasteiger partial charge in [0.1, 0.15) is 0 Å². The normalized spacial score (nSPS) is 25.3. The molecule has 2 amide bonds. The van der Waals surface area contributed by atoms with E-state index in [2.05, 4.69) is 15.6 Å². The van der Waals surface area contributed by atoms with E-state index in [0.29, 0.717) is 68.8 Å². The molecule has 3 aliphatic heterocycles. The standard InChI is InChI=1S/C30H44N6O7Si/c1-20-28(44(3,4)41)25(10-14-34-19-21(11-16-37)32-33-34)43-30(20)23-17-22(35-15-12-31-18-26(35)38)8-9-24(23)36(29(30)40)13-6-5-7-27(39)42-2/h8-9,17,19-20,25,28,31,37,41H,5-7,10-16,18H2,1-4H3/t20-,25+,28-,30+/m1/s1. The number of benzene rings is 1. The van der Waals surface area contributed by atoms with Crippen LogP contribution in [0.3, 0.4) is 0 Å². The molecule has 0 radical (unpaired) electrons. The topological polar surface area (TPSA) is 159 Å². The zero-order valence-electron chi connectivity index (χ0n) is 26.0. The number of unbranched alkanes of at least 4 members (excludes halogenated alkanes) is 1. The van der Waals surface area contributed by atoms with E-state index in [1.807, 2.05) is 38.2 Å². The molecule has 2 saturated heterocycles. The lowest BCUT2D eigenvalue weighted by Crippen LogP contribution is -2.48. The number of nitrogens with zero attached hydrogens (tertiary/aromatic N) is 5. The van der Waals surface area contributed by atoms with Crippen LogP contribution in [-0.2, 0) is 42.4 Å². The highest BCUT2D eigenvalue weighted by Gasteiger charge is 2.66. The van der Waals surface area contributed by atoms with E-state index in [1.165, 1.54) is 7.11 Å². The number of rotatable bonds is 12. The predicted molar refractivity (Wildman–Crippen MR) is 164 cm³/mol. The molecule has 1 spiro atoms. The Morgan fingerprint density at radius 2 is 2.05 bits per heavy atom.